The number of hydrogen-bond acceptors (Lipinski definition) is 5. The molecule has 0 saturated carbocycles. The average Bonchev–Trinajstić information content (AvgIpc) is 2.94. The molecule has 0 bridgehead atoms. The Morgan fingerprint density at radius 1 is 1.33 bits per heavy atom. The molecule has 9 heteroatoms. The summed E-state index contributed by atoms with van der Waals surface area (Å²) in [5.41, 5.74) is 5.95. The normalized spacial score (nSPS) is 15.9. The summed E-state index contributed by atoms with van der Waals surface area (Å²) >= 11 is 0. The van der Waals surface area contributed by atoms with Gasteiger partial charge in [0.1, 0.15) is 18.0 Å². The first-order valence-corrected chi connectivity index (χ1v) is 7.81. The van der Waals surface area contributed by atoms with Crippen molar-refractivity contribution in [2.45, 2.75) is 24.5 Å². The molecule has 7 nitrogen and oxygen atoms in total. The van der Waals surface area contributed by atoms with Gasteiger partial charge in [-0.05, 0) is 17.7 Å². The van der Waals surface area contributed by atoms with Crippen LogP contribution in [0.4, 0.5) is 4.39 Å². The van der Waals surface area contributed by atoms with Gasteiger partial charge in [0.15, 0.2) is 0 Å². The lowest BCUT2D eigenvalue weighted by atomic mass is 10.2. The fraction of sp³-hybridized carbons (Fsp3) is 0.333. The van der Waals surface area contributed by atoms with Crippen molar-refractivity contribution in [3.63, 3.8) is 0 Å². The van der Waals surface area contributed by atoms with E-state index in [-0.39, 0.29) is 24.5 Å². The molecule has 3 rings (SSSR count). The monoisotopic (exact) mass is 311 g/mol. The zero-order valence-corrected chi connectivity index (χ0v) is 11.9. The lowest BCUT2D eigenvalue weighted by Crippen LogP contribution is -2.38. The third-order valence-corrected chi connectivity index (χ3v) is 5.40. The van der Waals surface area contributed by atoms with Crippen LogP contribution in [0.25, 0.3) is 0 Å². The Balaban J connectivity index is 2.00. The number of benzene rings is 1. The summed E-state index contributed by atoms with van der Waals surface area (Å²) in [5.74, 6) is -0.0403. The van der Waals surface area contributed by atoms with Crippen molar-refractivity contribution in [3.05, 3.63) is 41.7 Å². The fourth-order valence-electron chi connectivity index (χ4n) is 2.33. The SMILES string of the molecule is NCc1ccc(F)cc1S(=O)(=O)N1CCn2cnnc2C1. The first kappa shape index (κ1) is 14.1. The van der Waals surface area contributed by atoms with E-state index in [4.69, 9.17) is 5.73 Å². The zero-order chi connectivity index (χ0) is 15.0. The highest BCUT2D eigenvalue weighted by molar-refractivity contribution is 7.89. The molecule has 0 radical (unpaired) electrons. The van der Waals surface area contributed by atoms with Gasteiger partial charge in [-0.1, -0.05) is 6.07 Å². The van der Waals surface area contributed by atoms with Crippen molar-refractivity contribution < 1.29 is 12.8 Å². The predicted molar refractivity (Wildman–Crippen MR) is 71.9 cm³/mol. The van der Waals surface area contributed by atoms with Crippen molar-refractivity contribution in [2.24, 2.45) is 5.73 Å². The minimum Gasteiger partial charge on any atom is -0.326 e. The van der Waals surface area contributed by atoms with Crippen LogP contribution in [0.5, 0.6) is 0 Å². The number of sulfonamides is 1. The average molecular weight is 311 g/mol. The van der Waals surface area contributed by atoms with E-state index in [1.807, 2.05) is 0 Å². The lowest BCUT2D eigenvalue weighted by Gasteiger charge is -2.27. The Bertz CT molecular complexity index is 774. The van der Waals surface area contributed by atoms with E-state index < -0.39 is 15.8 Å². The topological polar surface area (TPSA) is 94.1 Å². The molecule has 0 amide bonds. The molecule has 112 valence electrons. The molecule has 0 saturated heterocycles. The maximum Gasteiger partial charge on any atom is 0.243 e. The van der Waals surface area contributed by atoms with E-state index >= 15 is 0 Å². The minimum absolute atomic E-state index is 0.0267. The van der Waals surface area contributed by atoms with Crippen LogP contribution in [0.2, 0.25) is 0 Å². The molecule has 2 aromatic rings. The summed E-state index contributed by atoms with van der Waals surface area (Å²) in [5, 5.41) is 7.63. The quantitative estimate of drug-likeness (QED) is 0.866. The van der Waals surface area contributed by atoms with Crippen LogP contribution in [0.1, 0.15) is 11.4 Å². The van der Waals surface area contributed by atoms with Gasteiger partial charge in [-0.3, -0.25) is 0 Å². The summed E-state index contributed by atoms with van der Waals surface area (Å²) in [6.07, 6.45) is 1.56. The Kier molecular flexibility index (Phi) is 3.47. The lowest BCUT2D eigenvalue weighted by molar-refractivity contribution is 0.335. The molecule has 1 aliphatic heterocycles. The van der Waals surface area contributed by atoms with Gasteiger partial charge >= 0.3 is 0 Å². The van der Waals surface area contributed by atoms with E-state index in [0.717, 1.165) is 6.07 Å². The number of nitrogens with two attached hydrogens (primary N) is 1. The highest BCUT2D eigenvalue weighted by Crippen LogP contribution is 2.24. The molecule has 0 fully saturated rings. The summed E-state index contributed by atoms with van der Waals surface area (Å²) in [6, 6.07) is 3.61. The van der Waals surface area contributed by atoms with E-state index in [1.165, 1.54) is 16.4 Å². The van der Waals surface area contributed by atoms with Crippen LogP contribution < -0.4 is 5.73 Å². The largest absolute Gasteiger partial charge is 0.326 e. The van der Waals surface area contributed by atoms with Crippen molar-refractivity contribution in [2.75, 3.05) is 6.54 Å². The van der Waals surface area contributed by atoms with Gasteiger partial charge in [0.05, 0.1) is 11.4 Å². The molecule has 1 aliphatic rings. The van der Waals surface area contributed by atoms with E-state index in [1.54, 1.807) is 10.9 Å². The number of hydrogen-bond donors (Lipinski definition) is 1. The Morgan fingerprint density at radius 3 is 2.90 bits per heavy atom. The second-order valence-electron chi connectivity index (χ2n) is 4.74. The molecule has 0 aliphatic carbocycles. The molecule has 1 aromatic carbocycles. The van der Waals surface area contributed by atoms with E-state index in [2.05, 4.69) is 10.2 Å². The Labute approximate surface area is 121 Å². The number of nitrogens with zero attached hydrogens (tertiary/aromatic N) is 4. The van der Waals surface area contributed by atoms with Crippen LogP contribution in [0.15, 0.2) is 29.4 Å². The molecule has 0 atom stereocenters. The fourth-order valence-corrected chi connectivity index (χ4v) is 3.96. The molecule has 21 heavy (non-hydrogen) atoms. The van der Waals surface area contributed by atoms with Crippen LogP contribution in [-0.2, 0) is 29.7 Å². The third-order valence-electron chi connectivity index (χ3n) is 3.47. The molecule has 2 N–H and O–H groups in total. The second-order valence-corrected chi connectivity index (χ2v) is 6.64. The third kappa shape index (κ3) is 2.43. The summed E-state index contributed by atoms with van der Waals surface area (Å²) in [6.45, 7) is 0.893. The molecular weight excluding hydrogens is 297 g/mol. The van der Waals surface area contributed by atoms with Gasteiger partial charge in [0.2, 0.25) is 10.0 Å². The standard InChI is InChI=1S/C12H14FN5O2S/c13-10-2-1-9(6-14)11(5-10)21(19,20)18-4-3-17-8-15-16-12(17)7-18/h1-2,5,8H,3-4,6-7,14H2. The zero-order valence-electron chi connectivity index (χ0n) is 11.1. The number of rotatable bonds is 3. The van der Waals surface area contributed by atoms with Gasteiger partial charge in [0, 0.05) is 19.6 Å². The summed E-state index contributed by atoms with van der Waals surface area (Å²) in [7, 11) is -3.82. The van der Waals surface area contributed by atoms with Crippen LogP contribution in [-0.4, -0.2) is 34.0 Å². The molecule has 0 spiro atoms. The van der Waals surface area contributed by atoms with Crippen LogP contribution in [0, 0.1) is 5.82 Å². The highest BCUT2D eigenvalue weighted by atomic mass is 32.2. The van der Waals surface area contributed by atoms with E-state index in [0.29, 0.717) is 17.9 Å². The second kappa shape index (κ2) is 5.17. The first-order valence-electron chi connectivity index (χ1n) is 6.37. The molecular formula is C12H14FN5O2S. The highest BCUT2D eigenvalue weighted by Gasteiger charge is 2.31. The number of aromatic nitrogens is 3. The first-order chi connectivity index (χ1) is 10.0. The van der Waals surface area contributed by atoms with Crippen molar-refractivity contribution in [3.8, 4) is 0 Å². The van der Waals surface area contributed by atoms with Gasteiger partial charge in [-0.25, -0.2) is 12.8 Å². The summed E-state index contributed by atoms with van der Waals surface area (Å²) in [4.78, 5) is -0.0852. The summed E-state index contributed by atoms with van der Waals surface area (Å²) < 4.78 is 41.9. The molecule has 1 aromatic heterocycles. The number of fused-ring (bicyclic) bond motifs is 1. The van der Waals surface area contributed by atoms with Gasteiger partial charge in [-0.15, -0.1) is 10.2 Å². The van der Waals surface area contributed by atoms with Crippen molar-refractivity contribution in [1.82, 2.24) is 19.1 Å². The maximum atomic E-state index is 13.4. The van der Waals surface area contributed by atoms with Crippen LogP contribution >= 0.6 is 0 Å². The van der Waals surface area contributed by atoms with Crippen molar-refractivity contribution in [1.29, 1.82) is 0 Å². The van der Waals surface area contributed by atoms with Gasteiger partial charge in [-0.2, -0.15) is 4.31 Å². The molecule has 0 unspecified atom stereocenters. The molecule has 2 heterocycles. The van der Waals surface area contributed by atoms with Gasteiger partial charge in [0.25, 0.3) is 0 Å². The van der Waals surface area contributed by atoms with Gasteiger partial charge < -0.3 is 10.3 Å². The van der Waals surface area contributed by atoms with E-state index in [9.17, 15) is 12.8 Å². The smallest absolute Gasteiger partial charge is 0.243 e. The minimum atomic E-state index is -3.82. The Hall–Kier alpha value is -1.84. The van der Waals surface area contributed by atoms with Crippen molar-refractivity contribution >= 4 is 10.0 Å². The number of halogens is 1. The van der Waals surface area contributed by atoms with Crippen LogP contribution in [0.3, 0.4) is 0 Å². The Morgan fingerprint density at radius 2 is 2.14 bits per heavy atom. The maximum absolute atomic E-state index is 13.4. The predicted octanol–water partition coefficient (Wildman–Crippen LogP) is 0.0804.